The number of nitrogens with zero attached hydrogens (tertiary/aromatic N) is 2. The van der Waals surface area contributed by atoms with Gasteiger partial charge in [-0.15, -0.1) is 0 Å². The molecule has 2 N–H and O–H groups in total. The number of aromatic nitrogens is 1. The van der Waals surface area contributed by atoms with E-state index in [0.717, 1.165) is 0 Å². The van der Waals surface area contributed by atoms with Gasteiger partial charge in [-0.25, -0.2) is 4.57 Å². The largest absolute Gasteiger partial charge is 0.481 e. The fourth-order valence-electron chi connectivity index (χ4n) is 1.64. The third-order valence-corrected chi connectivity index (χ3v) is 2.65. The molecule has 1 rings (SSSR count). The molecular formula is C11H15N3O5. The third kappa shape index (κ3) is 3.80. The Morgan fingerprint density at radius 1 is 1.53 bits per heavy atom. The van der Waals surface area contributed by atoms with Crippen molar-refractivity contribution in [2.24, 2.45) is 13.0 Å². The van der Waals surface area contributed by atoms with Crippen molar-refractivity contribution in [1.82, 2.24) is 9.88 Å². The molecule has 19 heavy (non-hydrogen) atoms. The Hall–Kier alpha value is -2.38. The molecule has 0 saturated carbocycles. The Kier molecular flexibility index (Phi) is 4.62. The normalized spacial score (nSPS) is 11.9. The first-order valence-corrected chi connectivity index (χ1v) is 5.63. The minimum absolute atomic E-state index is 0.0481. The first-order valence-electron chi connectivity index (χ1n) is 5.63. The first kappa shape index (κ1) is 14.7. The second-order valence-electron chi connectivity index (χ2n) is 4.31. The lowest BCUT2D eigenvalue weighted by Gasteiger charge is -2.09. The van der Waals surface area contributed by atoms with Crippen LogP contribution in [0.1, 0.15) is 23.8 Å². The minimum Gasteiger partial charge on any atom is -0.481 e. The van der Waals surface area contributed by atoms with Gasteiger partial charge in [-0.3, -0.25) is 9.59 Å². The van der Waals surface area contributed by atoms with Gasteiger partial charge in [0.2, 0.25) is 0 Å². The summed E-state index contributed by atoms with van der Waals surface area (Å²) in [7, 11) is 1.42. The molecule has 1 aromatic rings. The lowest BCUT2D eigenvalue weighted by atomic mass is 10.1. The standard InChI is InChI=1S/C11H15N3O5/c1-7(5-10(15)16)6-12-11(17)8-3-4-9(13(8)2)14(18)19/h3-4,7H,5-6H2,1-2H3,(H,12,17)(H,15,16). The van der Waals surface area contributed by atoms with Crippen LogP contribution in [-0.4, -0.2) is 33.0 Å². The van der Waals surface area contributed by atoms with Gasteiger partial charge in [0.25, 0.3) is 5.91 Å². The molecule has 8 nitrogen and oxygen atoms in total. The van der Waals surface area contributed by atoms with Crippen molar-refractivity contribution in [2.75, 3.05) is 6.54 Å². The zero-order valence-corrected chi connectivity index (χ0v) is 10.6. The summed E-state index contributed by atoms with van der Waals surface area (Å²) < 4.78 is 1.18. The van der Waals surface area contributed by atoms with Crippen LogP contribution in [0.4, 0.5) is 5.82 Å². The van der Waals surface area contributed by atoms with E-state index >= 15 is 0 Å². The van der Waals surface area contributed by atoms with E-state index in [1.54, 1.807) is 6.92 Å². The van der Waals surface area contributed by atoms with E-state index < -0.39 is 16.8 Å². The second-order valence-corrected chi connectivity index (χ2v) is 4.31. The van der Waals surface area contributed by atoms with Gasteiger partial charge < -0.3 is 20.5 Å². The number of carboxylic acids is 1. The maximum Gasteiger partial charge on any atom is 0.323 e. The number of aliphatic carboxylic acids is 1. The molecule has 0 bridgehead atoms. The summed E-state index contributed by atoms with van der Waals surface area (Å²) in [6.45, 7) is 1.89. The number of hydrogen-bond acceptors (Lipinski definition) is 4. The molecule has 104 valence electrons. The molecule has 8 heteroatoms. The predicted molar refractivity (Wildman–Crippen MR) is 65.8 cm³/mol. The Balaban J connectivity index is 2.64. The summed E-state index contributed by atoms with van der Waals surface area (Å²) >= 11 is 0. The second kappa shape index (κ2) is 5.98. The van der Waals surface area contributed by atoms with Gasteiger partial charge in [-0.05, 0) is 16.9 Å². The number of rotatable bonds is 6. The minimum atomic E-state index is -0.934. The number of nitro groups is 1. The molecule has 0 radical (unpaired) electrons. The molecule has 0 aliphatic carbocycles. The van der Waals surface area contributed by atoms with Crippen molar-refractivity contribution in [3.05, 3.63) is 27.9 Å². The highest BCUT2D eigenvalue weighted by atomic mass is 16.6. The maximum absolute atomic E-state index is 11.8. The van der Waals surface area contributed by atoms with E-state index in [2.05, 4.69) is 5.32 Å². The summed E-state index contributed by atoms with van der Waals surface area (Å²) in [5.74, 6) is -1.79. The van der Waals surface area contributed by atoms with Crippen LogP contribution >= 0.6 is 0 Å². The molecule has 0 aliphatic rings. The van der Waals surface area contributed by atoms with Crippen molar-refractivity contribution in [3.8, 4) is 0 Å². The quantitative estimate of drug-likeness (QED) is 0.584. The Morgan fingerprint density at radius 2 is 2.16 bits per heavy atom. The van der Waals surface area contributed by atoms with Crippen LogP contribution in [-0.2, 0) is 11.8 Å². The monoisotopic (exact) mass is 269 g/mol. The molecule has 0 aromatic carbocycles. The van der Waals surface area contributed by atoms with Crippen LogP contribution < -0.4 is 5.32 Å². The van der Waals surface area contributed by atoms with Crippen molar-refractivity contribution < 1.29 is 19.6 Å². The lowest BCUT2D eigenvalue weighted by Crippen LogP contribution is -2.30. The summed E-state index contributed by atoms with van der Waals surface area (Å²) in [4.78, 5) is 32.3. The Labute approximate surface area is 109 Å². The first-order chi connectivity index (χ1) is 8.82. The fraction of sp³-hybridized carbons (Fsp3) is 0.455. The molecule has 1 heterocycles. The van der Waals surface area contributed by atoms with Gasteiger partial charge in [-0.1, -0.05) is 6.92 Å². The number of hydrogen-bond donors (Lipinski definition) is 2. The van der Waals surface area contributed by atoms with Gasteiger partial charge in [0.15, 0.2) is 5.69 Å². The molecule has 0 fully saturated rings. The third-order valence-electron chi connectivity index (χ3n) is 2.65. The van der Waals surface area contributed by atoms with Crippen LogP contribution in [0.15, 0.2) is 12.1 Å². The van der Waals surface area contributed by atoms with E-state index in [4.69, 9.17) is 5.11 Å². The van der Waals surface area contributed by atoms with Gasteiger partial charge in [0.05, 0.1) is 7.05 Å². The SMILES string of the molecule is CC(CNC(=O)c1ccc([N+](=O)[O-])n1C)CC(=O)O. The Bertz CT molecular complexity index is 508. The van der Waals surface area contributed by atoms with Crippen molar-refractivity contribution in [3.63, 3.8) is 0 Å². The van der Waals surface area contributed by atoms with Crippen LogP contribution in [0.25, 0.3) is 0 Å². The number of nitrogens with one attached hydrogen (secondary N) is 1. The van der Waals surface area contributed by atoms with Crippen molar-refractivity contribution in [1.29, 1.82) is 0 Å². The molecular weight excluding hydrogens is 254 g/mol. The van der Waals surface area contributed by atoms with Gasteiger partial charge >= 0.3 is 11.8 Å². The summed E-state index contributed by atoms with van der Waals surface area (Å²) in [6.07, 6.45) is -0.0481. The van der Waals surface area contributed by atoms with Gasteiger partial charge in [0.1, 0.15) is 0 Å². The summed E-state index contributed by atoms with van der Waals surface area (Å²) in [6, 6.07) is 2.60. The van der Waals surface area contributed by atoms with E-state index in [1.807, 2.05) is 0 Å². The molecule has 1 atom stereocenters. The Morgan fingerprint density at radius 3 is 2.63 bits per heavy atom. The predicted octanol–water partition coefficient (Wildman–Crippen LogP) is 0.774. The average molecular weight is 269 g/mol. The number of carboxylic acid groups (broad SMARTS) is 1. The molecule has 1 aromatic heterocycles. The number of carbonyl (C=O) groups excluding carboxylic acids is 1. The molecule has 1 amide bonds. The molecule has 0 aliphatic heterocycles. The van der Waals surface area contributed by atoms with Crippen molar-refractivity contribution in [2.45, 2.75) is 13.3 Å². The molecule has 1 unspecified atom stereocenters. The number of amides is 1. The average Bonchev–Trinajstić information content (AvgIpc) is 2.67. The van der Waals surface area contributed by atoms with E-state index in [1.165, 1.54) is 23.7 Å². The summed E-state index contributed by atoms with van der Waals surface area (Å²) in [5.41, 5.74) is 0.161. The molecule has 0 spiro atoms. The number of carbonyl (C=O) groups is 2. The lowest BCUT2D eigenvalue weighted by molar-refractivity contribution is -0.391. The van der Waals surface area contributed by atoms with Gasteiger partial charge in [-0.2, -0.15) is 0 Å². The van der Waals surface area contributed by atoms with E-state index in [9.17, 15) is 19.7 Å². The highest BCUT2D eigenvalue weighted by Crippen LogP contribution is 2.14. The zero-order valence-electron chi connectivity index (χ0n) is 10.6. The van der Waals surface area contributed by atoms with E-state index in [0.29, 0.717) is 0 Å². The maximum atomic E-state index is 11.8. The highest BCUT2D eigenvalue weighted by molar-refractivity contribution is 5.93. The van der Waals surface area contributed by atoms with Crippen LogP contribution in [0, 0.1) is 16.0 Å². The van der Waals surface area contributed by atoms with Crippen LogP contribution in [0.2, 0.25) is 0 Å². The molecule has 0 saturated heterocycles. The fourth-order valence-corrected chi connectivity index (χ4v) is 1.64. The van der Waals surface area contributed by atoms with Crippen LogP contribution in [0.3, 0.4) is 0 Å². The highest BCUT2D eigenvalue weighted by Gasteiger charge is 2.20. The van der Waals surface area contributed by atoms with Crippen molar-refractivity contribution >= 4 is 17.7 Å². The van der Waals surface area contributed by atoms with Crippen LogP contribution in [0.5, 0.6) is 0 Å². The van der Waals surface area contributed by atoms with E-state index in [-0.39, 0.29) is 30.4 Å². The topological polar surface area (TPSA) is 114 Å². The smallest absolute Gasteiger partial charge is 0.323 e. The zero-order chi connectivity index (χ0) is 14.6. The van der Waals surface area contributed by atoms with Gasteiger partial charge in [0, 0.05) is 19.0 Å². The summed E-state index contributed by atoms with van der Waals surface area (Å²) in [5, 5.41) is 21.8.